The van der Waals surface area contributed by atoms with Crippen LogP contribution in [0, 0.1) is 12.8 Å². The molecule has 0 spiro atoms. The van der Waals surface area contributed by atoms with E-state index in [0.29, 0.717) is 0 Å². The molecule has 1 heterocycles. The molecule has 3 heteroatoms. The molecule has 1 N–H and O–H groups in total. The summed E-state index contributed by atoms with van der Waals surface area (Å²) in [5.74, 6) is 3.38. The van der Waals surface area contributed by atoms with Crippen LogP contribution < -0.4 is 5.32 Å². The Morgan fingerprint density at radius 1 is 1.31 bits per heavy atom. The Hall–Kier alpha value is 0.01000. The van der Waals surface area contributed by atoms with Gasteiger partial charge in [-0.3, -0.25) is 0 Å². The average molecular weight is 257 g/mol. The molecule has 1 aromatic heterocycles. The summed E-state index contributed by atoms with van der Waals surface area (Å²) in [5, 5.41) is 3.49. The van der Waals surface area contributed by atoms with Crippen LogP contribution in [0.25, 0.3) is 0 Å². The minimum absolute atomic E-state index is 0.842. The van der Waals surface area contributed by atoms with E-state index < -0.39 is 0 Å². The van der Waals surface area contributed by atoms with Gasteiger partial charge in [-0.2, -0.15) is 11.8 Å². The van der Waals surface area contributed by atoms with Gasteiger partial charge in [-0.15, -0.1) is 11.3 Å². The SMILES string of the molecule is Cc1ccc(CNCCSCCC(C)C)s1. The van der Waals surface area contributed by atoms with Gasteiger partial charge in [0.05, 0.1) is 0 Å². The molecule has 1 nitrogen and oxygen atoms in total. The van der Waals surface area contributed by atoms with Crippen molar-refractivity contribution in [3.05, 3.63) is 21.9 Å². The van der Waals surface area contributed by atoms with Crippen molar-refractivity contribution >= 4 is 23.1 Å². The van der Waals surface area contributed by atoms with E-state index in [1.54, 1.807) is 0 Å². The van der Waals surface area contributed by atoms with Crippen LogP contribution in [0.1, 0.15) is 30.0 Å². The molecule has 0 atom stereocenters. The van der Waals surface area contributed by atoms with Gasteiger partial charge in [-0.05, 0) is 37.1 Å². The summed E-state index contributed by atoms with van der Waals surface area (Å²) in [4.78, 5) is 2.85. The Kier molecular flexibility index (Phi) is 7.17. The largest absolute Gasteiger partial charge is 0.311 e. The highest BCUT2D eigenvalue weighted by molar-refractivity contribution is 7.99. The lowest BCUT2D eigenvalue weighted by Gasteiger charge is -2.05. The Morgan fingerprint density at radius 3 is 2.75 bits per heavy atom. The van der Waals surface area contributed by atoms with Crippen molar-refractivity contribution in [2.24, 2.45) is 5.92 Å². The third kappa shape index (κ3) is 6.56. The molecule has 0 aromatic carbocycles. The number of hydrogen-bond donors (Lipinski definition) is 1. The van der Waals surface area contributed by atoms with Crippen molar-refractivity contribution in [3.8, 4) is 0 Å². The Bertz CT molecular complexity index is 281. The van der Waals surface area contributed by atoms with Gasteiger partial charge in [0.15, 0.2) is 0 Å². The molecule has 0 amide bonds. The van der Waals surface area contributed by atoms with E-state index in [0.717, 1.165) is 19.0 Å². The molecular formula is C13H23NS2. The molecule has 0 saturated carbocycles. The summed E-state index contributed by atoms with van der Waals surface area (Å²) in [6, 6.07) is 4.41. The van der Waals surface area contributed by atoms with E-state index in [4.69, 9.17) is 0 Å². The molecule has 0 aliphatic rings. The van der Waals surface area contributed by atoms with Crippen molar-refractivity contribution < 1.29 is 0 Å². The summed E-state index contributed by atoms with van der Waals surface area (Å²) in [6.45, 7) is 8.90. The second-order valence-corrected chi connectivity index (χ2v) is 7.08. The molecule has 0 unspecified atom stereocenters. The van der Waals surface area contributed by atoms with Gasteiger partial charge in [0.1, 0.15) is 0 Å². The highest BCUT2D eigenvalue weighted by atomic mass is 32.2. The first-order valence-corrected chi connectivity index (χ1v) is 7.99. The molecule has 0 aliphatic carbocycles. The number of hydrogen-bond acceptors (Lipinski definition) is 3. The fourth-order valence-corrected chi connectivity index (χ4v) is 3.35. The van der Waals surface area contributed by atoms with Crippen LogP contribution in [-0.4, -0.2) is 18.1 Å². The van der Waals surface area contributed by atoms with Crippen LogP contribution in [0.15, 0.2) is 12.1 Å². The summed E-state index contributed by atoms with van der Waals surface area (Å²) in [5.41, 5.74) is 0. The standard InChI is InChI=1S/C13H23NS2/c1-11(2)6-8-15-9-7-14-10-13-5-4-12(3)16-13/h4-5,11,14H,6-10H2,1-3H3. The van der Waals surface area contributed by atoms with Gasteiger partial charge in [-0.25, -0.2) is 0 Å². The summed E-state index contributed by atoms with van der Waals surface area (Å²) in [7, 11) is 0. The first kappa shape index (κ1) is 14.1. The molecule has 0 saturated heterocycles. The fraction of sp³-hybridized carbons (Fsp3) is 0.692. The smallest absolute Gasteiger partial charge is 0.0300 e. The van der Waals surface area contributed by atoms with Gasteiger partial charge in [0, 0.05) is 28.6 Å². The number of rotatable bonds is 8. The van der Waals surface area contributed by atoms with Gasteiger partial charge in [0.2, 0.25) is 0 Å². The second-order valence-electron chi connectivity index (χ2n) is 4.48. The van der Waals surface area contributed by atoms with E-state index in [1.165, 1.54) is 27.7 Å². The molecule has 1 rings (SSSR count). The van der Waals surface area contributed by atoms with Crippen molar-refractivity contribution in [3.63, 3.8) is 0 Å². The molecule has 0 aliphatic heterocycles. The lowest BCUT2D eigenvalue weighted by molar-refractivity contribution is 0.631. The number of nitrogens with one attached hydrogen (secondary N) is 1. The topological polar surface area (TPSA) is 12.0 Å². The minimum Gasteiger partial charge on any atom is -0.311 e. The summed E-state index contributed by atoms with van der Waals surface area (Å²) >= 11 is 3.95. The van der Waals surface area contributed by atoms with E-state index in [9.17, 15) is 0 Å². The summed E-state index contributed by atoms with van der Waals surface area (Å²) < 4.78 is 0. The summed E-state index contributed by atoms with van der Waals surface area (Å²) in [6.07, 6.45) is 1.34. The lowest BCUT2D eigenvalue weighted by Crippen LogP contribution is -2.16. The average Bonchev–Trinajstić information content (AvgIpc) is 2.62. The highest BCUT2D eigenvalue weighted by Gasteiger charge is 1.97. The van der Waals surface area contributed by atoms with E-state index in [2.05, 4.69) is 50.0 Å². The third-order valence-corrected chi connectivity index (χ3v) is 4.38. The molecular weight excluding hydrogens is 234 g/mol. The molecule has 92 valence electrons. The zero-order valence-corrected chi connectivity index (χ0v) is 12.2. The van der Waals surface area contributed by atoms with Crippen LogP contribution in [0.2, 0.25) is 0 Å². The van der Waals surface area contributed by atoms with Gasteiger partial charge in [0.25, 0.3) is 0 Å². The van der Waals surface area contributed by atoms with Gasteiger partial charge >= 0.3 is 0 Å². The van der Waals surface area contributed by atoms with Crippen LogP contribution in [-0.2, 0) is 6.54 Å². The zero-order valence-electron chi connectivity index (χ0n) is 10.6. The van der Waals surface area contributed by atoms with Crippen LogP contribution in [0.4, 0.5) is 0 Å². The van der Waals surface area contributed by atoms with Crippen molar-refractivity contribution in [1.29, 1.82) is 0 Å². The second kappa shape index (κ2) is 8.15. The van der Waals surface area contributed by atoms with E-state index in [-0.39, 0.29) is 0 Å². The molecule has 16 heavy (non-hydrogen) atoms. The van der Waals surface area contributed by atoms with E-state index >= 15 is 0 Å². The van der Waals surface area contributed by atoms with Crippen LogP contribution >= 0.6 is 23.1 Å². The van der Waals surface area contributed by atoms with Crippen molar-refractivity contribution in [2.75, 3.05) is 18.1 Å². The quantitative estimate of drug-likeness (QED) is 0.708. The number of thiophene rings is 1. The Labute approximate surface area is 108 Å². The maximum atomic E-state index is 3.49. The van der Waals surface area contributed by atoms with Crippen molar-refractivity contribution in [1.82, 2.24) is 5.32 Å². The highest BCUT2D eigenvalue weighted by Crippen LogP contribution is 2.14. The molecule has 0 bridgehead atoms. The monoisotopic (exact) mass is 257 g/mol. The predicted octanol–water partition coefficient (Wildman–Crippen LogP) is 3.93. The first-order chi connectivity index (χ1) is 7.68. The number of aryl methyl sites for hydroxylation is 1. The maximum absolute atomic E-state index is 3.49. The zero-order chi connectivity index (χ0) is 11.8. The van der Waals surface area contributed by atoms with Crippen LogP contribution in [0.3, 0.4) is 0 Å². The van der Waals surface area contributed by atoms with Crippen LogP contribution in [0.5, 0.6) is 0 Å². The molecule has 0 fully saturated rings. The van der Waals surface area contributed by atoms with Gasteiger partial charge in [-0.1, -0.05) is 13.8 Å². The fourth-order valence-electron chi connectivity index (χ4n) is 1.36. The Balaban J connectivity index is 1.92. The first-order valence-electron chi connectivity index (χ1n) is 6.02. The maximum Gasteiger partial charge on any atom is 0.0300 e. The Morgan fingerprint density at radius 2 is 2.12 bits per heavy atom. The molecule has 0 radical (unpaired) electrons. The van der Waals surface area contributed by atoms with Gasteiger partial charge < -0.3 is 5.32 Å². The molecule has 1 aromatic rings. The third-order valence-electron chi connectivity index (χ3n) is 2.36. The predicted molar refractivity (Wildman–Crippen MR) is 77.5 cm³/mol. The lowest BCUT2D eigenvalue weighted by atomic mass is 10.2. The normalized spacial score (nSPS) is 11.2. The van der Waals surface area contributed by atoms with E-state index in [1.807, 2.05) is 11.3 Å². The minimum atomic E-state index is 0.842. The van der Waals surface area contributed by atoms with Crippen molar-refractivity contribution in [2.45, 2.75) is 33.7 Å². The number of thioether (sulfide) groups is 1.